The molecule has 0 bridgehead atoms. The number of primary amides is 1. The van der Waals surface area contributed by atoms with Crippen LogP contribution in [0.1, 0.15) is 59.0 Å². The van der Waals surface area contributed by atoms with Gasteiger partial charge in [-0.25, -0.2) is 9.07 Å². The smallest absolute Gasteiger partial charge is 0.251 e. The maximum atomic E-state index is 13.9. The molecule has 1 amide bonds. The molecule has 2 aliphatic heterocycles. The highest BCUT2D eigenvalue weighted by atomic mass is 19.1. The van der Waals surface area contributed by atoms with Crippen LogP contribution in [0.5, 0.6) is 0 Å². The van der Waals surface area contributed by atoms with Crippen molar-refractivity contribution in [2.75, 3.05) is 19.6 Å². The Labute approximate surface area is 145 Å². The minimum Gasteiger partial charge on any atom is -0.382 e. The van der Waals surface area contributed by atoms with Gasteiger partial charge in [0.25, 0.3) is 5.91 Å². The monoisotopic (exact) mass is 344 g/mol. The summed E-state index contributed by atoms with van der Waals surface area (Å²) in [5.41, 5.74) is 7.82. The zero-order valence-corrected chi connectivity index (χ0v) is 14.1. The predicted octanol–water partition coefficient (Wildman–Crippen LogP) is 1.70. The highest BCUT2D eigenvalue weighted by Crippen LogP contribution is 2.43. The molecule has 1 atom stereocenters. The molecule has 1 aromatic heterocycles. The van der Waals surface area contributed by atoms with E-state index in [0.29, 0.717) is 22.9 Å². The third-order valence-corrected chi connectivity index (χ3v) is 5.45. The quantitative estimate of drug-likeness (QED) is 0.888. The summed E-state index contributed by atoms with van der Waals surface area (Å²) in [6.45, 7) is 5.21. The van der Waals surface area contributed by atoms with Gasteiger partial charge in [0, 0.05) is 5.56 Å². The van der Waals surface area contributed by atoms with Gasteiger partial charge in [-0.2, -0.15) is 5.10 Å². The standard InChI is InChI=1S/C18H21FN4O2/c1-2-22-5-3-10(4-6-22)14-9-21-23-15-12(17(24)16(14)23)7-11(19)8-13(15)18(20)25/h7-10,17,24H,2-6H2,1H3,(H2,20,25). The number of carbonyl (C=O) groups excluding carboxylic acids is 1. The second-order valence-corrected chi connectivity index (χ2v) is 6.76. The van der Waals surface area contributed by atoms with Crippen molar-refractivity contribution in [1.82, 2.24) is 14.7 Å². The number of fused-ring (bicyclic) bond motifs is 3. The molecule has 3 N–H and O–H groups in total. The lowest BCUT2D eigenvalue weighted by Gasteiger charge is -2.31. The highest BCUT2D eigenvalue weighted by molar-refractivity contribution is 5.97. The Morgan fingerprint density at radius 3 is 2.72 bits per heavy atom. The van der Waals surface area contributed by atoms with Crippen LogP contribution in [0.15, 0.2) is 18.3 Å². The van der Waals surface area contributed by atoms with Crippen LogP contribution >= 0.6 is 0 Å². The molecule has 0 aliphatic carbocycles. The minimum atomic E-state index is -0.995. The van der Waals surface area contributed by atoms with Crippen LogP contribution in [-0.4, -0.2) is 45.3 Å². The topological polar surface area (TPSA) is 84.4 Å². The zero-order valence-electron chi connectivity index (χ0n) is 14.1. The first-order chi connectivity index (χ1) is 12.0. The molecule has 7 heteroatoms. The van der Waals surface area contributed by atoms with E-state index in [1.165, 1.54) is 6.07 Å². The van der Waals surface area contributed by atoms with Crippen molar-refractivity contribution in [2.24, 2.45) is 5.73 Å². The molecule has 1 unspecified atom stereocenters. The van der Waals surface area contributed by atoms with Gasteiger partial charge in [-0.05, 0) is 56.1 Å². The normalized spacial score (nSPS) is 20.5. The van der Waals surface area contributed by atoms with Gasteiger partial charge in [-0.3, -0.25) is 4.79 Å². The molecule has 0 saturated carbocycles. The lowest BCUT2D eigenvalue weighted by atomic mass is 9.88. The molecule has 4 rings (SSSR count). The summed E-state index contributed by atoms with van der Waals surface area (Å²) in [6, 6.07) is 2.36. The molecule has 1 fully saturated rings. The molecule has 25 heavy (non-hydrogen) atoms. The number of hydrogen-bond donors (Lipinski definition) is 2. The Morgan fingerprint density at radius 1 is 1.36 bits per heavy atom. The third kappa shape index (κ3) is 2.46. The van der Waals surface area contributed by atoms with Crippen LogP contribution in [0.25, 0.3) is 5.69 Å². The van der Waals surface area contributed by atoms with Gasteiger partial charge in [0.05, 0.1) is 23.1 Å². The third-order valence-electron chi connectivity index (χ3n) is 5.45. The number of rotatable bonds is 3. The number of halogens is 1. The van der Waals surface area contributed by atoms with Crippen molar-refractivity contribution in [3.8, 4) is 5.69 Å². The Hall–Kier alpha value is -2.25. The maximum absolute atomic E-state index is 13.9. The average molecular weight is 344 g/mol. The fourth-order valence-electron chi connectivity index (χ4n) is 4.10. The van der Waals surface area contributed by atoms with E-state index in [0.717, 1.165) is 44.1 Å². The summed E-state index contributed by atoms with van der Waals surface area (Å²) >= 11 is 0. The number of piperidine rings is 1. The van der Waals surface area contributed by atoms with Crippen LogP contribution < -0.4 is 5.73 Å². The van der Waals surface area contributed by atoms with E-state index in [1.54, 1.807) is 10.9 Å². The van der Waals surface area contributed by atoms with Crippen molar-refractivity contribution in [1.29, 1.82) is 0 Å². The van der Waals surface area contributed by atoms with Gasteiger partial charge >= 0.3 is 0 Å². The number of hydrogen-bond acceptors (Lipinski definition) is 4. The van der Waals surface area contributed by atoms with Gasteiger partial charge < -0.3 is 15.7 Å². The van der Waals surface area contributed by atoms with Crippen LogP contribution in [0.2, 0.25) is 0 Å². The Balaban J connectivity index is 1.77. The largest absolute Gasteiger partial charge is 0.382 e. The molecule has 0 radical (unpaired) electrons. The first kappa shape index (κ1) is 16.2. The van der Waals surface area contributed by atoms with Crippen LogP contribution in [0, 0.1) is 5.82 Å². The number of nitrogens with zero attached hydrogens (tertiary/aromatic N) is 3. The summed E-state index contributed by atoms with van der Waals surface area (Å²) in [5.74, 6) is -1.02. The average Bonchev–Trinajstić information content (AvgIpc) is 3.15. The Morgan fingerprint density at radius 2 is 2.08 bits per heavy atom. The second kappa shape index (κ2) is 5.93. The second-order valence-electron chi connectivity index (χ2n) is 6.76. The van der Waals surface area contributed by atoms with E-state index in [-0.39, 0.29) is 5.56 Å². The molecule has 1 aromatic carbocycles. The summed E-state index contributed by atoms with van der Waals surface area (Å²) in [5, 5.41) is 15.2. The van der Waals surface area contributed by atoms with Gasteiger partial charge in [-0.1, -0.05) is 6.92 Å². The predicted molar refractivity (Wildman–Crippen MR) is 90.2 cm³/mol. The fraction of sp³-hybridized carbons (Fsp3) is 0.444. The van der Waals surface area contributed by atoms with E-state index in [2.05, 4.69) is 16.9 Å². The molecular weight excluding hydrogens is 323 g/mol. The van der Waals surface area contributed by atoms with Crippen molar-refractivity contribution in [3.05, 3.63) is 46.5 Å². The highest BCUT2D eigenvalue weighted by Gasteiger charge is 2.37. The molecule has 3 heterocycles. The van der Waals surface area contributed by atoms with E-state index in [4.69, 9.17) is 5.73 Å². The van der Waals surface area contributed by atoms with Gasteiger partial charge in [0.1, 0.15) is 11.9 Å². The van der Waals surface area contributed by atoms with Gasteiger partial charge in [0.15, 0.2) is 0 Å². The van der Waals surface area contributed by atoms with Crippen molar-refractivity contribution < 1.29 is 14.3 Å². The number of aliphatic hydroxyl groups is 1. The number of aliphatic hydroxyl groups excluding tert-OH is 1. The van der Waals surface area contributed by atoms with Crippen LogP contribution in [0.3, 0.4) is 0 Å². The van der Waals surface area contributed by atoms with E-state index in [1.807, 2.05) is 0 Å². The first-order valence-electron chi connectivity index (χ1n) is 8.63. The van der Waals surface area contributed by atoms with Crippen LogP contribution in [-0.2, 0) is 0 Å². The van der Waals surface area contributed by atoms with Crippen LogP contribution in [0.4, 0.5) is 4.39 Å². The first-order valence-corrected chi connectivity index (χ1v) is 8.63. The lowest BCUT2D eigenvalue weighted by Crippen LogP contribution is -2.32. The van der Waals surface area contributed by atoms with Crippen molar-refractivity contribution >= 4 is 5.91 Å². The fourth-order valence-corrected chi connectivity index (χ4v) is 4.10. The van der Waals surface area contributed by atoms with Crippen molar-refractivity contribution in [2.45, 2.75) is 31.8 Å². The molecule has 2 aromatic rings. The number of amides is 1. The lowest BCUT2D eigenvalue weighted by molar-refractivity contribution is 0.0999. The number of aromatic nitrogens is 2. The molecule has 2 aliphatic rings. The molecule has 0 spiro atoms. The van der Waals surface area contributed by atoms with E-state index >= 15 is 0 Å². The van der Waals surface area contributed by atoms with Crippen molar-refractivity contribution in [3.63, 3.8) is 0 Å². The van der Waals surface area contributed by atoms with Gasteiger partial charge in [-0.15, -0.1) is 0 Å². The number of likely N-dealkylation sites (tertiary alicyclic amines) is 1. The number of benzene rings is 1. The SMILES string of the molecule is CCN1CCC(c2cnn3c2C(O)c2cc(F)cc(C(N)=O)c2-3)CC1. The van der Waals surface area contributed by atoms with Gasteiger partial charge in [0.2, 0.25) is 0 Å². The Bertz CT molecular complexity index is 840. The summed E-state index contributed by atoms with van der Waals surface area (Å²) in [6.07, 6.45) is 2.76. The molecular formula is C18H21FN4O2. The Kier molecular flexibility index (Phi) is 3.85. The number of carbonyl (C=O) groups is 1. The number of nitrogens with two attached hydrogens (primary N) is 1. The zero-order chi connectivity index (χ0) is 17.7. The summed E-state index contributed by atoms with van der Waals surface area (Å²) < 4.78 is 15.4. The summed E-state index contributed by atoms with van der Waals surface area (Å²) in [7, 11) is 0. The molecule has 6 nitrogen and oxygen atoms in total. The maximum Gasteiger partial charge on any atom is 0.251 e. The molecule has 1 saturated heterocycles. The van der Waals surface area contributed by atoms with E-state index in [9.17, 15) is 14.3 Å². The summed E-state index contributed by atoms with van der Waals surface area (Å²) in [4.78, 5) is 14.1. The minimum absolute atomic E-state index is 0.0447. The van der Waals surface area contributed by atoms with E-state index < -0.39 is 17.8 Å². The molecule has 132 valence electrons.